The van der Waals surface area contributed by atoms with Crippen LogP contribution in [0.1, 0.15) is 30.6 Å². The van der Waals surface area contributed by atoms with E-state index in [4.69, 9.17) is 4.74 Å². The summed E-state index contributed by atoms with van der Waals surface area (Å²) in [6.07, 6.45) is 3.89. The van der Waals surface area contributed by atoms with Gasteiger partial charge in [0.2, 0.25) is 0 Å². The molecule has 0 aliphatic heterocycles. The Labute approximate surface area is 125 Å². The maximum absolute atomic E-state index is 10.5. The lowest BCUT2D eigenvalue weighted by Gasteiger charge is -2.23. The number of aliphatic hydroxyl groups is 1. The van der Waals surface area contributed by atoms with Crippen molar-refractivity contribution in [1.82, 2.24) is 10.3 Å². The van der Waals surface area contributed by atoms with Gasteiger partial charge in [0.1, 0.15) is 5.75 Å². The number of hydrogen-bond acceptors (Lipinski definition) is 4. The number of ether oxygens (including phenoxy) is 1. The normalized spacial score (nSPS) is 13.7. The predicted octanol–water partition coefficient (Wildman–Crippen LogP) is 2.69. The van der Waals surface area contributed by atoms with E-state index in [9.17, 15) is 5.11 Å². The molecule has 2 unspecified atom stereocenters. The molecule has 112 valence electrons. The Bertz CT molecular complexity index is 528. The first kappa shape index (κ1) is 15.5. The molecule has 0 radical (unpaired) electrons. The molecule has 0 saturated heterocycles. The lowest BCUT2D eigenvalue weighted by atomic mass is 10.00. The number of hydrogen-bond donors (Lipinski definition) is 2. The fraction of sp³-hybridized carbons (Fsp3) is 0.353. The van der Waals surface area contributed by atoms with Crippen LogP contribution in [0.15, 0.2) is 48.8 Å². The molecule has 4 heteroatoms. The molecule has 2 N–H and O–H groups in total. The summed E-state index contributed by atoms with van der Waals surface area (Å²) in [4.78, 5) is 4.09. The average molecular weight is 286 g/mol. The van der Waals surface area contributed by atoms with Crippen LogP contribution in [-0.4, -0.2) is 23.2 Å². The van der Waals surface area contributed by atoms with Crippen molar-refractivity contribution >= 4 is 0 Å². The minimum absolute atomic E-state index is 0.00130. The lowest BCUT2D eigenvalue weighted by Crippen LogP contribution is -2.34. The number of aromatic nitrogens is 1. The number of aliphatic hydroxyl groups excluding tert-OH is 1. The Morgan fingerprint density at radius 1 is 1.24 bits per heavy atom. The van der Waals surface area contributed by atoms with E-state index in [0.717, 1.165) is 23.3 Å². The van der Waals surface area contributed by atoms with E-state index in [1.54, 1.807) is 13.3 Å². The zero-order valence-electron chi connectivity index (χ0n) is 12.5. The van der Waals surface area contributed by atoms with Gasteiger partial charge in [0.15, 0.2) is 0 Å². The van der Waals surface area contributed by atoms with Gasteiger partial charge in [-0.05, 0) is 35.7 Å². The Morgan fingerprint density at radius 3 is 2.57 bits per heavy atom. The van der Waals surface area contributed by atoms with Crippen molar-refractivity contribution in [3.8, 4) is 5.75 Å². The Balaban J connectivity index is 1.98. The standard InChI is InChI=1S/C17H22N2O2/c1-3-16(19-12-13-5-4-10-18-11-13)17(20)14-6-8-15(21-2)9-7-14/h4-11,16-17,19-20H,3,12H2,1-2H3. The third kappa shape index (κ3) is 4.28. The molecule has 2 atom stereocenters. The molecule has 0 amide bonds. The SMILES string of the molecule is CCC(NCc1cccnc1)C(O)c1ccc(OC)cc1. The lowest BCUT2D eigenvalue weighted by molar-refractivity contribution is 0.125. The highest BCUT2D eigenvalue weighted by Crippen LogP contribution is 2.22. The van der Waals surface area contributed by atoms with Crippen LogP contribution in [-0.2, 0) is 6.54 Å². The molecule has 1 aromatic carbocycles. The van der Waals surface area contributed by atoms with Gasteiger partial charge in [-0.15, -0.1) is 0 Å². The molecular weight excluding hydrogens is 264 g/mol. The monoisotopic (exact) mass is 286 g/mol. The molecule has 1 aromatic heterocycles. The van der Waals surface area contributed by atoms with Crippen molar-refractivity contribution in [3.05, 3.63) is 59.9 Å². The summed E-state index contributed by atoms with van der Waals surface area (Å²) in [6.45, 7) is 2.76. The highest BCUT2D eigenvalue weighted by molar-refractivity contribution is 5.29. The van der Waals surface area contributed by atoms with E-state index >= 15 is 0 Å². The summed E-state index contributed by atoms with van der Waals surface area (Å²) < 4.78 is 5.14. The van der Waals surface area contributed by atoms with Crippen LogP contribution in [0.3, 0.4) is 0 Å². The van der Waals surface area contributed by atoms with Gasteiger partial charge < -0.3 is 15.2 Å². The van der Waals surface area contributed by atoms with Crippen molar-refractivity contribution < 1.29 is 9.84 Å². The fourth-order valence-corrected chi connectivity index (χ4v) is 2.26. The highest BCUT2D eigenvalue weighted by atomic mass is 16.5. The number of benzene rings is 1. The van der Waals surface area contributed by atoms with Gasteiger partial charge in [-0.25, -0.2) is 0 Å². The minimum atomic E-state index is -0.544. The summed E-state index contributed by atoms with van der Waals surface area (Å²) >= 11 is 0. The van der Waals surface area contributed by atoms with Gasteiger partial charge >= 0.3 is 0 Å². The van der Waals surface area contributed by atoms with Gasteiger partial charge in [0.25, 0.3) is 0 Å². The third-order valence-electron chi connectivity index (χ3n) is 3.57. The van der Waals surface area contributed by atoms with E-state index < -0.39 is 6.10 Å². The van der Waals surface area contributed by atoms with Crippen molar-refractivity contribution in [2.75, 3.05) is 7.11 Å². The molecule has 0 aliphatic carbocycles. The topological polar surface area (TPSA) is 54.4 Å². The predicted molar refractivity (Wildman–Crippen MR) is 83.1 cm³/mol. The summed E-state index contributed by atoms with van der Waals surface area (Å²) in [6, 6.07) is 11.5. The molecule has 0 fully saturated rings. The number of pyridine rings is 1. The molecule has 0 spiro atoms. The van der Waals surface area contributed by atoms with E-state index in [-0.39, 0.29) is 6.04 Å². The number of rotatable bonds is 7. The fourth-order valence-electron chi connectivity index (χ4n) is 2.26. The second-order valence-corrected chi connectivity index (χ2v) is 4.97. The van der Waals surface area contributed by atoms with Crippen molar-refractivity contribution in [2.45, 2.75) is 32.0 Å². The molecule has 2 rings (SSSR count). The molecule has 0 bridgehead atoms. The molecular formula is C17H22N2O2. The van der Waals surface area contributed by atoms with Crippen molar-refractivity contribution in [2.24, 2.45) is 0 Å². The Morgan fingerprint density at radius 2 is 2.00 bits per heavy atom. The largest absolute Gasteiger partial charge is 0.497 e. The summed E-state index contributed by atoms with van der Waals surface area (Å²) in [5.74, 6) is 0.794. The van der Waals surface area contributed by atoms with Gasteiger partial charge in [-0.2, -0.15) is 0 Å². The zero-order chi connectivity index (χ0) is 15.1. The summed E-state index contributed by atoms with van der Waals surface area (Å²) in [7, 11) is 1.63. The summed E-state index contributed by atoms with van der Waals surface area (Å²) in [5.41, 5.74) is 2.00. The maximum atomic E-state index is 10.5. The molecule has 4 nitrogen and oxygen atoms in total. The molecule has 21 heavy (non-hydrogen) atoms. The van der Waals surface area contributed by atoms with Crippen molar-refractivity contribution in [1.29, 1.82) is 0 Å². The quantitative estimate of drug-likeness (QED) is 0.821. The second kappa shape index (κ2) is 7.76. The number of nitrogens with one attached hydrogen (secondary N) is 1. The Kier molecular flexibility index (Phi) is 5.72. The highest BCUT2D eigenvalue weighted by Gasteiger charge is 2.18. The van der Waals surface area contributed by atoms with Crippen LogP contribution in [0.25, 0.3) is 0 Å². The molecule has 2 aromatic rings. The maximum Gasteiger partial charge on any atom is 0.118 e. The average Bonchev–Trinajstić information content (AvgIpc) is 2.56. The molecule has 1 heterocycles. The van der Waals surface area contributed by atoms with Crippen LogP contribution in [0.4, 0.5) is 0 Å². The smallest absolute Gasteiger partial charge is 0.118 e. The first-order valence-corrected chi connectivity index (χ1v) is 7.19. The van der Waals surface area contributed by atoms with E-state index in [0.29, 0.717) is 6.54 Å². The second-order valence-electron chi connectivity index (χ2n) is 4.97. The van der Waals surface area contributed by atoms with Crippen LogP contribution in [0, 0.1) is 0 Å². The van der Waals surface area contributed by atoms with Crippen LogP contribution in [0.2, 0.25) is 0 Å². The Hall–Kier alpha value is -1.91. The van der Waals surface area contributed by atoms with Crippen LogP contribution >= 0.6 is 0 Å². The van der Waals surface area contributed by atoms with Crippen LogP contribution in [0.5, 0.6) is 5.75 Å². The van der Waals surface area contributed by atoms with Crippen LogP contribution < -0.4 is 10.1 Å². The molecule has 0 saturated carbocycles. The molecule has 0 aliphatic rings. The van der Waals surface area contributed by atoms with E-state index in [1.165, 1.54) is 0 Å². The zero-order valence-corrected chi connectivity index (χ0v) is 12.5. The van der Waals surface area contributed by atoms with E-state index in [2.05, 4.69) is 17.2 Å². The van der Waals surface area contributed by atoms with Gasteiger partial charge in [0, 0.05) is 25.0 Å². The van der Waals surface area contributed by atoms with Gasteiger partial charge in [-0.3, -0.25) is 4.98 Å². The van der Waals surface area contributed by atoms with Gasteiger partial charge in [0.05, 0.1) is 13.2 Å². The minimum Gasteiger partial charge on any atom is -0.497 e. The van der Waals surface area contributed by atoms with Crippen molar-refractivity contribution in [3.63, 3.8) is 0 Å². The third-order valence-corrected chi connectivity index (χ3v) is 3.57. The summed E-state index contributed by atoms with van der Waals surface area (Å²) in [5, 5.41) is 13.9. The first-order valence-electron chi connectivity index (χ1n) is 7.19. The van der Waals surface area contributed by atoms with Gasteiger partial charge in [-0.1, -0.05) is 25.1 Å². The number of methoxy groups -OCH3 is 1. The van der Waals surface area contributed by atoms with E-state index in [1.807, 2.05) is 42.6 Å². The number of nitrogens with zero attached hydrogens (tertiary/aromatic N) is 1. The first-order chi connectivity index (χ1) is 10.2.